The molecule has 12 heteroatoms. The van der Waals surface area contributed by atoms with Crippen LogP contribution in [0.4, 0.5) is 30.7 Å². The molecule has 0 aliphatic carbocycles. The molecule has 33 heavy (non-hydrogen) atoms. The van der Waals surface area contributed by atoms with Gasteiger partial charge in [-0.1, -0.05) is 26.0 Å². The highest BCUT2D eigenvalue weighted by Crippen LogP contribution is 2.37. The van der Waals surface area contributed by atoms with Crippen LogP contribution in [0.1, 0.15) is 32.0 Å². The number of hydrogen-bond acceptors (Lipinski definition) is 3. The van der Waals surface area contributed by atoms with E-state index in [9.17, 15) is 30.7 Å². The fourth-order valence-corrected chi connectivity index (χ4v) is 3.20. The van der Waals surface area contributed by atoms with Crippen molar-refractivity contribution in [2.24, 2.45) is 0 Å². The van der Waals surface area contributed by atoms with Crippen molar-refractivity contribution in [3.8, 4) is 5.82 Å². The molecule has 1 aromatic carbocycles. The maximum atomic E-state index is 13.6. The van der Waals surface area contributed by atoms with Crippen LogP contribution >= 0.6 is 0 Å². The van der Waals surface area contributed by atoms with Gasteiger partial charge in [-0.3, -0.25) is 4.68 Å². The zero-order chi connectivity index (χ0) is 24.8. The van der Waals surface area contributed by atoms with E-state index in [0.29, 0.717) is 21.3 Å². The average Bonchev–Trinajstić information content (AvgIpc) is 3.28. The van der Waals surface area contributed by atoms with Crippen LogP contribution in [0.15, 0.2) is 36.7 Å². The molecular weight excluding hydrogens is 455 g/mol. The first-order valence-corrected chi connectivity index (χ1v) is 9.92. The highest BCUT2D eigenvalue weighted by molar-refractivity contribution is 5.84. The summed E-state index contributed by atoms with van der Waals surface area (Å²) in [5, 5.41) is 8.78. The summed E-state index contributed by atoms with van der Waals surface area (Å²) in [5.74, 6) is -7.77. The number of nitrogens with zero attached hydrogens (tertiary/aromatic N) is 5. The Morgan fingerprint density at radius 3 is 2.21 bits per heavy atom. The van der Waals surface area contributed by atoms with E-state index < -0.39 is 24.6 Å². The number of alkyl halides is 7. The zero-order valence-corrected chi connectivity index (χ0v) is 18.1. The van der Waals surface area contributed by atoms with Crippen LogP contribution in [-0.2, 0) is 12.5 Å². The lowest BCUT2D eigenvalue weighted by molar-refractivity contribution is -0.287. The highest BCUT2D eigenvalue weighted by atomic mass is 19.4. The predicted molar refractivity (Wildman–Crippen MR) is 109 cm³/mol. The minimum absolute atomic E-state index is 0.0186. The van der Waals surface area contributed by atoms with Gasteiger partial charge < -0.3 is 0 Å². The van der Waals surface area contributed by atoms with Crippen LogP contribution in [0, 0.1) is 6.92 Å². The normalized spacial score (nSPS) is 12.8. The first-order chi connectivity index (χ1) is 15.3. The molecule has 0 N–H and O–H groups in total. The molecule has 0 spiro atoms. The molecule has 0 fully saturated rings. The Hall–Kier alpha value is -3.18. The van der Waals surface area contributed by atoms with Crippen molar-refractivity contribution in [1.29, 1.82) is 0 Å². The van der Waals surface area contributed by atoms with E-state index in [0.717, 1.165) is 19.3 Å². The van der Waals surface area contributed by atoms with Gasteiger partial charge in [-0.05, 0) is 19.1 Å². The summed E-state index contributed by atoms with van der Waals surface area (Å²) in [6, 6.07) is 5.48. The van der Waals surface area contributed by atoms with Gasteiger partial charge in [0.25, 0.3) is 5.92 Å². The topological polar surface area (TPSA) is 48.5 Å². The molecule has 0 bridgehead atoms. The lowest BCUT2D eigenvalue weighted by atomic mass is 10.1. The maximum Gasteiger partial charge on any atom is 0.455 e. The molecule has 3 heterocycles. The molecule has 0 saturated heterocycles. The Bertz CT molecular complexity index is 1280. The quantitative estimate of drug-likeness (QED) is 0.320. The van der Waals surface area contributed by atoms with E-state index in [2.05, 4.69) is 15.2 Å². The van der Waals surface area contributed by atoms with Crippen molar-refractivity contribution in [3.63, 3.8) is 0 Å². The summed E-state index contributed by atoms with van der Waals surface area (Å²) in [6.45, 7) is 4.78. The summed E-state index contributed by atoms with van der Waals surface area (Å²) in [4.78, 5) is 4.09. The third-order valence-corrected chi connectivity index (χ3v) is 4.91. The second-order valence-corrected chi connectivity index (χ2v) is 7.22. The SMILES string of the molecule is CC.Cc1c2ccc(C(C)(F)F)cc2nn1-c1cc2cnn(CC(F)(F)C(F)(F)F)c2cn1. The number of aryl methyl sites for hydroxylation is 1. The largest absolute Gasteiger partial charge is 0.455 e. The summed E-state index contributed by atoms with van der Waals surface area (Å²) < 4.78 is 93.3. The van der Waals surface area contributed by atoms with Crippen molar-refractivity contribution in [3.05, 3.63) is 47.9 Å². The molecule has 5 nitrogen and oxygen atoms in total. The average molecular weight is 475 g/mol. The Balaban J connectivity index is 0.00000149. The number of fused-ring (bicyclic) bond motifs is 2. The van der Waals surface area contributed by atoms with Crippen molar-refractivity contribution in [1.82, 2.24) is 24.5 Å². The van der Waals surface area contributed by atoms with Crippen LogP contribution in [0.5, 0.6) is 0 Å². The van der Waals surface area contributed by atoms with Crippen LogP contribution < -0.4 is 0 Å². The van der Waals surface area contributed by atoms with Gasteiger partial charge in [0.05, 0.1) is 29.1 Å². The molecule has 178 valence electrons. The first kappa shape index (κ1) is 24.5. The number of rotatable bonds is 4. The lowest BCUT2D eigenvalue weighted by Gasteiger charge is -2.19. The Morgan fingerprint density at radius 2 is 1.61 bits per heavy atom. The van der Waals surface area contributed by atoms with Crippen LogP contribution in [-0.4, -0.2) is 36.6 Å². The van der Waals surface area contributed by atoms with Gasteiger partial charge in [0.1, 0.15) is 6.54 Å². The van der Waals surface area contributed by atoms with Gasteiger partial charge in [0.15, 0.2) is 5.82 Å². The van der Waals surface area contributed by atoms with E-state index in [4.69, 9.17) is 0 Å². The number of benzene rings is 1. The molecule has 0 saturated carbocycles. The number of hydrogen-bond donors (Lipinski definition) is 0. The molecule has 0 aliphatic rings. The third-order valence-electron chi connectivity index (χ3n) is 4.91. The monoisotopic (exact) mass is 475 g/mol. The molecule has 0 unspecified atom stereocenters. The van der Waals surface area contributed by atoms with Crippen LogP contribution in [0.2, 0.25) is 0 Å². The summed E-state index contributed by atoms with van der Waals surface area (Å²) in [7, 11) is 0. The van der Waals surface area contributed by atoms with E-state index in [1.807, 2.05) is 13.8 Å². The highest BCUT2D eigenvalue weighted by Gasteiger charge is 2.57. The third kappa shape index (κ3) is 4.51. The molecule has 4 aromatic rings. The Morgan fingerprint density at radius 1 is 0.939 bits per heavy atom. The first-order valence-electron chi connectivity index (χ1n) is 9.92. The summed E-state index contributed by atoms with van der Waals surface area (Å²) in [6.07, 6.45) is -3.46. The van der Waals surface area contributed by atoms with Crippen LogP contribution in [0.3, 0.4) is 0 Å². The minimum Gasteiger partial charge on any atom is -0.257 e. The van der Waals surface area contributed by atoms with Crippen LogP contribution in [0.25, 0.3) is 27.6 Å². The second-order valence-electron chi connectivity index (χ2n) is 7.22. The number of pyridine rings is 1. The Kier molecular flexibility index (Phi) is 6.16. The Labute approximate surface area is 183 Å². The van der Waals surface area contributed by atoms with E-state index in [-0.39, 0.29) is 22.3 Å². The van der Waals surface area contributed by atoms with Crippen molar-refractivity contribution >= 4 is 21.8 Å². The summed E-state index contributed by atoms with van der Waals surface area (Å²) in [5.41, 5.74) is 0.664. The molecule has 3 aromatic heterocycles. The number of aromatic nitrogens is 5. The molecular formula is C21H20F7N5. The molecule has 0 amide bonds. The molecule has 4 rings (SSSR count). The van der Waals surface area contributed by atoms with E-state index >= 15 is 0 Å². The molecule has 0 aliphatic heterocycles. The van der Waals surface area contributed by atoms with Crippen molar-refractivity contribution in [2.75, 3.05) is 0 Å². The van der Waals surface area contributed by atoms with Gasteiger partial charge >= 0.3 is 12.1 Å². The zero-order valence-electron chi connectivity index (χ0n) is 18.1. The van der Waals surface area contributed by atoms with Crippen molar-refractivity contribution < 1.29 is 30.7 Å². The minimum atomic E-state index is -5.71. The lowest BCUT2D eigenvalue weighted by Crippen LogP contribution is -2.40. The molecule has 0 atom stereocenters. The van der Waals surface area contributed by atoms with Gasteiger partial charge in [-0.25, -0.2) is 18.4 Å². The van der Waals surface area contributed by atoms with Gasteiger partial charge in [0.2, 0.25) is 0 Å². The second kappa shape index (κ2) is 8.31. The maximum absolute atomic E-state index is 13.6. The predicted octanol–water partition coefficient (Wildman–Crippen LogP) is 6.41. The van der Waals surface area contributed by atoms with E-state index in [1.54, 1.807) is 6.92 Å². The molecule has 0 radical (unpaired) electrons. The fourth-order valence-electron chi connectivity index (χ4n) is 3.20. The summed E-state index contributed by atoms with van der Waals surface area (Å²) >= 11 is 0. The smallest absolute Gasteiger partial charge is 0.257 e. The number of halogens is 7. The van der Waals surface area contributed by atoms with Gasteiger partial charge in [-0.15, -0.1) is 0 Å². The van der Waals surface area contributed by atoms with E-state index in [1.165, 1.54) is 28.9 Å². The standard InChI is InChI=1S/C19H14F7N5.C2H6/c1-10-13-4-3-12(17(2,20)21)6-14(13)29-31(10)16-5-11-7-28-30(15(11)8-27-16)9-18(22,23)19(24,25)26;1-2/h3-8H,9H2,1-2H3;1-2H3. The van der Waals surface area contributed by atoms with Crippen molar-refractivity contribution in [2.45, 2.75) is 52.3 Å². The van der Waals surface area contributed by atoms with Gasteiger partial charge in [0, 0.05) is 23.3 Å². The fraction of sp³-hybridized carbons (Fsp3) is 0.381. The van der Waals surface area contributed by atoms with Gasteiger partial charge in [-0.2, -0.15) is 32.1 Å².